The van der Waals surface area contributed by atoms with Gasteiger partial charge in [0.1, 0.15) is 11.9 Å². The standard InChI is InChI=1S/C15H17FN4O3S2/c16-11-4-1-3-10(7-11)8-12-9-18-15(24-12)19-14(21)13-5-2-6-20(13)25(17,22)23/h1,3-4,7,9,13H,2,5-6,8H2,(H2,17,22,23)(H,18,19,21)/t13-/m1/s1. The van der Waals surface area contributed by atoms with Crippen molar-refractivity contribution in [2.75, 3.05) is 11.9 Å². The third-order valence-electron chi connectivity index (χ3n) is 3.88. The van der Waals surface area contributed by atoms with E-state index < -0.39 is 22.2 Å². The number of carbonyl (C=O) groups excluding carboxylic acids is 1. The molecule has 25 heavy (non-hydrogen) atoms. The molecule has 134 valence electrons. The number of nitrogens with two attached hydrogens (primary N) is 1. The summed E-state index contributed by atoms with van der Waals surface area (Å²) in [5.41, 5.74) is 0.803. The summed E-state index contributed by atoms with van der Waals surface area (Å²) in [6.45, 7) is 0.236. The molecule has 3 rings (SSSR count). The van der Waals surface area contributed by atoms with Crippen LogP contribution in [0.4, 0.5) is 9.52 Å². The molecule has 3 N–H and O–H groups in total. The van der Waals surface area contributed by atoms with Gasteiger partial charge in [0.2, 0.25) is 5.91 Å². The number of thiazole rings is 1. The van der Waals surface area contributed by atoms with E-state index in [-0.39, 0.29) is 12.4 Å². The quantitative estimate of drug-likeness (QED) is 0.814. The summed E-state index contributed by atoms with van der Waals surface area (Å²) >= 11 is 1.26. The van der Waals surface area contributed by atoms with Gasteiger partial charge in [-0.15, -0.1) is 11.3 Å². The van der Waals surface area contributed by atoms with Gasteiger partial charge in [-0.2, -0.15) is 12.7 Å². The Morgan fingerprint density at radius 2 is 2.28 bits per heavy atom. The van der Waals surface area contributed by atoms with E-state index in [4.69, 9.17) is 5.14 Å². The molecule has 1 aromatic carbocycles. The number of amides is 1. The molecule has 1 atom stereocenters. The maximum absolute atomic E-state index is 13.2. The monoisotopic (exact) mass is 384 g/mol. The fourth-order valence-electron chi connectivity index (χ4n) is 2.79. The zero-order valence-electron chi connectivity index (χ0n) is 13.2. The van der Waals surface area contributed by atoms with E-state index in [1.807, 2.05) is 6.07 Å². The van der Waals surface area contributed by atoms with Crippen LogP contribution < -0.4 is 10.5 Å². The van der Waals surface area contributed by atoms with Gasteiger partial charge in [0.15, 0.2) is 5.13 Å². The Labute approximate surface area is 148 Å². The number of benzene rings is 1. The summed E-state index contributed by atoms with van der Waals surface area (Å²) in [4.78, 5) is 17.3. The van der Waals surface area contributed by atoms with Gasteiger partial charge in [-0.25, -0.2) is 14.5 Å². The first-order chi connectivity index (χ1) is 11.8. The zero-order chi connectivity index (χ0) is 18.0. The number of rotatable bonds is 5. The number of carbonyl (C=O) groups is 1. The third-order valence-corrected chi connectivity index (χ3v) is 5.89. The number of anilines is 1. The highest BCUT2D eigenvalue weighted by Crippen LogP contribution is 2.24. The lowest BCUT2D eigenvalue weighted by molar-refractivity contribution is -0.119. The molecule has 2 aromatic rings. The fraction of sp³-hybridized carbons (Fsp3) is 0.333. The van der Waals surface area contributed by atoms with Crippen LogP contribution in [0.25, 0.3) is 0 Å². The molecule has 0 aliphatic carbocycles. The van der Waals surface area contributed by atoms with E-state index in [1.54, 1.807) is 12.3 Å². The predicted molar refractivity (Wildman–Crippen MR) is 92.8 cm³/mol. The molecule has 0 bridgehead atoms. The van der Waals surface area contributed by atoms with Crippen LogP contribution in [0.15, 0.2) is 30.5 Å². The Bertz CT molecular complexity index is 884. The Balaban J connectivity index is 1.66. The molecule has 1 aliphatic rings. The van der Waals surface area contributed by atoms with Crippen LogP contribution in [0.2, 0.25) is 0 Å². The summed E-state index contributed by atoms with van der Waals surface area (Å²) in [5.74, 6) is -0.752. The van der Waals surface area contributed by atoms with Crippen LogP contribution in [0, 0.1) is 5.82 Å². The average molecular weight is 384 g/mol. The molecule has 0 unspecified atom stereocenters. The Morgan fingerprint density at radius 1 is 1.48 bits per heavy atom. The van der Waals surface area contributed by atoms with Gasteiger partial charge in [0.05, 0.1) is 0 Å². The van der Waals surface area contributed by atoms with E-state index in [0.29, 0.717) is 24.4 Å². The van der Waals surface area contributed by atoms with Crippen LogP contribution in [0.3, 0.4) is 0 Å². The van der Waals surface area contributed by atoms with E-state index in [2.05, 4.69) is 10.3 Å². The minimum absolute atomic E-state index is 0.236. The predicted octanol–water partition coefficient (Wildman–Crippen LogP) is 1.48. The Morgan fingerprint density at radius 3 is 3.00 bits per heavy atom. The number of nitrogens with one attached hydrogen (secondary N) is 1. The SMILES string of the molecule is NS(=O)(=O)N1CCC[C@@H]1C(=O)Nc1ncc(Cc2cccc(F)c2)s1. The highest BCUT2D eigenvalue weighted by molar-refractivity contribution is 7.86. The van der Waals surface area contributed by atoms with Crippen molar-refractivity contribution in [1.82, 2.24) is 9.29 Å². The van der Waals surface area contributed by atoms with Crippen molar-refractivity contribution in [2.24, 2.45) is 5.14 Å². The first-order valence-corrected chi connectivity index (χ1v) is 9.94. The van der Waals surface area contributed by atoms with Crippen LogP contribution >= 0.6 is 11.3 Å². The maximum Gasteiger partial charge on any atom is 0.277 e. The molecule has 1 fully saturated rings. The lowest BCUT2D eigenvalue weighted by Crippen LogP contribution is -2.46. The number of hydrogen-bond donors (Lipinski definition) is 2. The summed E-state index contributed by atoms with van der Waals surface area (Å²) in [6, 6.07) is 5.45. The van der Waals surface area contributed by atoms with Gasteiger partial charge in [0, 0.05) is 24.0 Å². The van der Waals surface area contributed by atoms with E-state index in [0.717, 1.165) is 14.7 Å². The molecule has 10 heteroatoms. The number of halogens is 1. The number of nitrogens with zero attached hydrogens (tertiary/aromatic N) is 2. The molecule has 1 amide bonds. The van der Waals surface area contributed by atoms with Gasteiger partial charge in [0.25, 0.3) is 10.2 Å². The lowest BCUT2D eigenvalue weighted by Gasteiger charge is -2.20. The van der Waals surface area contributed by atoms with Gasteiger partial charge in [-0.1, -0.05) is 12.1 Å². The molecular weight excluding hydrogens is 367 g/mol. The average Bonchev–Trinajstić information content (AvgIpc) is 3.16. The minimum atomic E-state index is -3.91. The molecule has 1 saturated heterocycles. The molecule has 0 saturated carbocycles. The van der Waals surface area contributed by atoms with E-state index in [1.165, 1.54) is 23.5 Å². The molecule has 2 heterocycles. The summed E-state index contributed by atoms with van der Waals surface area (Å²) in [5, 5.41) is 8.15. The van der Waals surface area contributed by atoms with Crippen LogP contribution in [-0.2, 0) is 21.4 Å². The smallest absolute Gasteiger partial charge is 0.277 e. The van der Waals surface area contributed by atoms with Crippen molar-refractivity contribution in [2.45, 2.75) is 25.3 Å². The Hall–Kier alpha value is -1.88. The van der Waals surface area contributed by atoms with Crippen LogP contribution in [0.1, 0.15) is 23.3 Å². The second-order valence-electron chi connectivity index (χ2n) is 5.74. The van der Waals surface area contributed by atoms with E-state index in [9.17, 15) is 17.6 Å². The first kappa shape index (κ1) is 17.9. The summed E-state index contributed by atoms with van der Waals surface area (Å²) in [6.07, 6.45) is 3.11. The molecule has 7 nitrogen and oxygen atoms in total. The highest BCUT2D eigenvalue weighted by Gasteiger charge is 2.37. The van der Waals surface area contributed by atoms with Gasteiger partial charge in [-0.05, 0) is 30.5 Å². The topological polar surface area (TPSA) is 105 Å². The normalized spacial score (nSPS) is 18.4. The van der Waals surface area contributed by atoms with Gasteiger partial charge < -0.3 is 5.32 Å². The van der Waals surface area contributed by atoms with Crippen molar-refractivity contribution in [3.8, 4) is 0 Å². The molecular formula is C15H17FN4O3S2. The molecule has 0 spiro atoms. The van der Waals surface area contributed by atoms with Crippen molar-refractivity contribution in [3.63, 3.8) is 0 Å². The Kier molecular flexibility index (Phi) is 5.13. The molecule has 0 radical (unpaired) electrons. The minimum Gasteiger partial charge on any atom is -0.301 e. The van der Waals surface area contributed by atoms with Crippen molar-refractivity contribution >= 4 is 32.6 Å². The van der Waals surface area contributed by atoms with Crippen LogP contribution in [-0.4, -0.2) is 36.2 Å². The summed E-state index contributed by atoms with van der Waals surface area (Å²) < 4.78 is 37.3. The first-order valence-electron chi connectivity index (χ1n) is 7.62. The lowest BCUT2D eigenvalue weighted by atomic mass is 10.1. The van der Waals surface area contributed by atoms with Crippen molar-refractivity contribution < 1.29 is 17.6 Å². The van der Waals surface area contributed by atoms with Crippen molar-refractivity contribution in [3.05, 3.63) is 46.7 Å². The summed E-state index contributed by atoms with van der Waals surface area (Å²) in [7, 11) is -3.91. The largest absolute Gasteiger partial charge is 0.301 e. The molecule has 1 aliphatic heterocycles. The highest BCUT2D eigenvalue weighted by atomic mass is 32.2. The third kappa shape index (κ3) is 4.40. The van der Waals surface area contributed by atoms with Crippen molar-refractivity contribution in [1.29, 1.82) is 0 Å². The zero-order valence-corrected chi connectivity index (χ0v) is 14.8. The second-order valence-corrected chi connectivity index (χ2v) is 8.36. The number of hydrogen-bond acceptors (Lipinski definition) is 5. The maximum atomic E-state index is 13.2. The van der Waals surface area contributed by atoms with E-state index >= 15 is 0 Å². The van der Waals surface area contributed by atoms with Crippen LogP contribution in [0.5, 0.6) is 0 Å². The fourth-order valence-corrected chi connectivity index (χ4v) is 4.58. The van der Waals surface area contributed by atoms with Gasteiger partial charge in [-0.3, -0.25) is 4.79 Å². The van der Waals surface area contributed by atoms with Gasteiger partial charge >= 0.3 is 0 Å². The number of aromatic nitrogens is 1. The molecule has 1 aromatic heterocycles. The second kappa shape index (κ2) is 7.16.